The molecule has 48 valence electrons. The number of terminal acetylenes is 1. The molecule has 0 aromatic heterocycles. The van der Waals surface area contributed by atoms with Crippen LogP contribution in [-0.4, -0.2) is 6.10 Å². The second-order valence-corrected chi connectivity index (χ2v) is 1.71. The van der Waals surface area contributed by atoms with Gasteiger partial charge in [0.2, 0.25) is 0 Å². The Morgan fingerprint density at radius 3 is 2.78 bits per heavy atom. The summed E-state index contributed by atoms with van der Waals surface area (Å²) in [4.78, 5) is 0. The molecule has 0 aliphatic rings. The molecule has 1 atom stereocenters. The lowest BCUT2D eigenvalue weighted by molar-refractivity contribution is 0.181. The zero-order valence-electron chi connectivity index (χ0n) is 5.77. The van der Waals surface area contributed by atoms with Gasteiger partial charge in [-0.2, -0.15) is 0 Å². The zero-order chi connectivity index (χ0) is 7.11. The van der Waals surface area contributed by atoms with Crippen LogP contribution >= 0.6 is 0 Å². The summed E-state index contributed by atoms with van der Waals surface area (Å²) < 4.78 is 4.93. The van der Waals surface area contributed by atoms with Gasteiger partial charge in [0.05, 0.1) is 0 Å². The van der Waals surface area contributed by atoms with Gasteiger partial charge < -0.3 is 4.74 Å². The maximum atomic E-state index is 4.93. The normalized spacial score (nSPS) is 10.3. The summed E-state index contributed by atoms with van der Waals surface area (Å²) in [5.41, 5.74) is 0. The average molecular weight is 122 g/mol. The summed E-state index contributed by atoms with van der Waals surface area (Å²) in [6, 6.07) is 0. The Morgan fingerprint density at radius 1 is 1.67 bits per heavy atom. The van der Waals surface area contributed by atoms with E-state index >= 15 is 0 Å². The molecule has 0 fully saturated rings. The van der Waals surface area contributed by atoms with E-state index in [9.17, 15) is 0 Å². The molecule has 0 saturated heterocycles. The second kappa shape index (κ2) is 5.06. The molecule has 0 saturated carbocycles. The third kappa shape index (κ3) is 4.78. The first-order chi connectivity index (χ1) is 4.31. The van der Waals surface area contributed by atoms with Crippen LogP contribution in [-0.2, 0) is 4.74 Å². The van der Waals surface area contributed by atoms with Crippen molar-refractivity contribution in [3.05, 3.63) is 0 Å². The molecule has 0 heterocycles. The van der Waals surface area contributed by atoms with Gasteiger partial charge in [0.25, 0.3) is 0 Å². The first-order valence-corrected chi connectivity index (χ1v) is 2.92. The van der Waals surface area contributed by atoms with Gasteiger partial charge in [-0.15, -0.1) is 6.42 Å². The van der Waals surface area contributed by atoms with Crippen LogP contribution < -0.4 is 0 Å². The largest absolute Gasteiger partial charge is 0.443 e. The molecule has 0 N–H and O–H groups in total. The molecule has 1 unspecified atom stereocenters. The summed E-state index contributed by atoms with van der Waals surface area (Å²) in [6.07, 6.45) is 8.40. The van der Waals surface area contributed by atoms with Gasteiger partial charge in [0.1, 0.15) is 12.2 Å². The molecule has 0 aromatic carbocycles. The number of ether oxygens (including phenoxy) is 1. The minimum absolute atomic E-state index is 0.186. The van der Waals surface area contributed by atoms with E-state index in [1.165, 1.54) is 0 Å². The summed E-state index contributed by atoms with van der Waals surface area (Å²) >= 11 is 0. The molecule has 0 bridgehead atoms. The quantitative estimate of drug-likeness (QED) is 0.503. The smallest absolute Gasteiger partial charge is 0.124 e. The first-order valence-electron chi connectivity index (χ1n) is 2.92. The Bertz CT molecular complexity index is 154. The molecular weight excluding hydrogens is 112 g/mol. The fourth-order valence-electron chi connectivity index (χ4n) is 0.243. The molecule has 9 heavy (non-hydrogen) atoms. The highest BCUT2D eigenvalue weighted by molar-refractivity contribution is 5.18. The van der Waals surface area contributed by atoms with Crippen LogP contribution in [0.4, 0.5) is 0 Å². The summed E-state index contributed by atoms with van der Waals surface area (Å²) in [6.45, 7) is 3.98. The van der Waals surface area contributed by atoms with Gasteiger partial charge in [-0.25, -0.2) is 0 Å². The van der Waals surface area contributed by atoms with Crippen LogP contribution in [0.1, 0.15) is 20.3 Å². The number of hydrogen-bond donors (Lipinski definition) is 0. The number of rotatable bonds is 2. The minimum atomic E-state index is 0.186. The lowest BCUT2D eigenvalue weighted by Crippen LogP contribution is -2.00. The highest BCUT2D eigenvalue weighted by Crippen LogP contribution is 1.92. The van der Waals surface area contributed by atoms with Crippen LogP contribution in [0.25, 0.3) is 0 Å². The highest BCUT2D eigenvalue weighted by Gasteiger charge is 1.92. The van der Waals surface area contributed by atoms with Crippen molar-refractivity contribution >= 4 is 0 Å². The van der Waals surface area contributed by atoms with Crippen molar-refractivity contribution in [2.75, 3.05) is 0 Å². The Hall–Kier alpha value is -1.08. The molecule has 0 amide bonds. The molecule has 0 spiro atoms. The minimum Gasteiger partial charge on any atom is -0.443 e. The Labute approximate surface area is 56.4 Å². The van der Waals surface area contributed by atoms with E-state index in [0.717, 1.165) is 6.42 Å². The van der Waals surface area contributed by atoms with Gasteiger partial charge in [-0.1, -0.05) is 6.92 Å². The van der Waals surface area contributed by atoms with Crippen LogP contribution in [0.15, 0.2) is 0 Å². The lowest BCUT2D eigenvalue weighted by Gasteiger charge is -2.02. The van der Waals surface area contributed by atoms with Gasteiger partial charge in [0.15, 0.2) is 0 Å². The van der Waals surface area contributed by atoms with Crippen LogP contribution in [0, 0.1) is 24.4 Å². The van der Waals surface area contributed by atoms with Gasteiger partial charge in [-0.05, 0) is 19.3 Å². The number of hydrogen-bond acceptors (Lipinski definition) is 1. The van der Waals surface area contributed by atoms with E-state index in [4.69, 9.17) is 11.2 Å². The lowest BCUT2D eigenvalue weighted by atomic mass is 10.3. The standard InChI is InChI=1S/C8H10O/c1-4-6-7-9-8(3)5-2/h1,8H,5H2,2-3H3. The van der Waals surface area contributed by atoms with Gasteiger partial charge in [0, 0.05) is 5.92 Å². The van der Waals surface area contributed by atoms with Crippen molar-refractivity contribution < 1.29 is 4.74 Å². The Balaban J connectivity index is 3.40. The van der Waals surface area contributed by atoms with Crippen molar-refractivity contribution in [3.63, 3.8) is 0 Å². The third-order valence-electron chi connectivity index (χ3n) is 0.958. The summed E-state index contributed by atoms with van der Waals surface area (Å²) in [5.74, 6) is 4.53. The fourth-order valence-corrected chi connectivity index (χ4v) is 0.243. The van der Waals surface area contributed by atoms with E-state index in [-0.39, 0.29) is 6.10 Å². The van der Waals surface area contributed by atoms with E-state index < -0.39 is 0 Å². The van der Waals surface area contributed by atoms with Crippen LogP contribution in [0.5, 0.6) is 0 Å². The topological polar surface area (TPSA) is 9.23 Å². The fraction of sp³-hybridized carbons (Fsp3) is 0.500. The summed E-state index contributed by atoms with van der Waals surface area (Å²) in [7, 11) is 0. The molecule has 0 aliphatic heterocycles. The Morgan fingerprint density at radius 2 is 2.33 bits per heavy atom. The average Bonchev–Trinajstić information content (AvgIpc) is 1.89. The summed E-state index contributed by atoms with van der Waals surface area (Å²) in [5, 5.41) is 0. The molecule has 0 aliphatic carbocycles. The molecule has 1 nitrogen and oxygen atoms in total. The predicted octanol–water partition coefficient (Wildman–Crippen LogP) is 1.40. The molecule has 1 heteroatoms. The second-order valence-electron chi connectivity index (χ2n) is 1.71. The zero-order valence-corrected chi connectivity index (χ0v) is 5.77. The van der Waals surface area contributed by atoms with Crippen molar-refractivity contribution in [3.8, 4) is 24.4 Å². The van der Waals surface area contributed by atoms with Gasteiger partial charge in [-0.3, -0.25) is 0 Å². The molecule has 0 radical (unpaired) electrons. The molecule has 0 rings (SSSR count). The van der Waals surface area contributed by atoms with Crippen LogP contribution in [0.2, 0.25) is 0 Å². The van der Waals surface area contributed by atoms with E-state index in [1.807, 2.05) is 13.8 Å². The van der Waals surface area contributed by atoms with E-state index in [0.29, 0.717) is 0 Å². The SMILES string of the molecule is C#CC#COC(C)CC. The first kappa shape index (κ1) is 7.92. The van der Waals surface area contributed by atoms with Crippen molar-refractivity contribution in [1.29, 1.82) is 0 Å². The van der Waals surface area contributed by atoms with Gasteiger partial charge >= 0.3 is 0 Å². The maximum absolute atomic E-state index is 4.93. The maximum Gasteiger partial charge on any atom is 0.124 e. The van der Waals surface area contributed by atoms with Crippen molar-refractivity contribution in [1.82, 2.24) is 0 Å². The monoisotopic (exact) mass is 122 g/mol. The third-order valence-corrected chi connectivity index (χ3v) is 0.958. The predicted molar refractivity (Wildman–Crippen MR) is 37.4 cm³/mol. The van der Waals surface area contributed by atoms with E-state index in [1.54, 1.807) is 0 Å². The highest BCUT2D eigenvalue weighted by atomic mass is 16.5. The van der Waals surface area contributed by atoms with Crippen molar-refractivity contribution in [2.24, 2.45) is 0 Å². The van der Waals surface area contributed by atoms with E-state index in [2.05, 4.69) is 17.9 Å². The van der Waals surface area contributed by atoms with Crippen molar-refractivity contribution in [2.45, 2.75) is 26.4 Å². The molecular formula is C8H10O. The Kier molecular flexibility index (Phi) is 4.46. The van der Waals surface area contributed by atoms with Crippen LogP contribution in [0.3, 0.4) is 0 Å². The molecule has 0 aromatic rings.